The minimum absolute atomic E-state index is 0.119. The van der Waals surface area contributed by atoms with Gasteiger partial charge in [0.2, 0.25) is 0 Å². The molecule has 0 bridgehead atoms. The first-order chi connectivity index (χ1) is 4.66. The molecule has 4 heteroatoms. The average Bonchev–Trinajstić information content (AvgIpc) is 1.82. The molecule has 0 aromatic heterocycles. The molecule has 0 aliphatic heterocycles. The first kappa shape index (κ1) is 9.39. The van der Waals surface area contributed by atoms with Gasteiger partial charge in [0.1, 0.15) is 0 Å². The SMILES string of the molecule is CCONC(=O)CN(C)C. The summed E-state index contributed by atoms with van der Waals surface area (Å²) < 4.78 is 0. The highest BCUT2D eigenvalue weighted by Gasteiger charge is 1.99. The Labute approximate surface area is 61.1 Å². The van der Waals surface area contributed by atoms with E-state index < -0.39 is 0 Å². The Hall–Kier alpha value is -0.610. The van der Waals surface area contributed by atoms with Crippen molar-refractivity contribution in [3.05, 3.63) is 0 Å². The number of carbonyl (C=O) groups excluding carboxylic acids is 1. The maximum absolute atomic E-state index is 10.7. The zero-order chi connectivity index (χ0) is 7.98. The quantitative estimate of drug-likeness (QED) is 0.549. The van der Waals surface area contributed by atoms with Crippen LogP contribution in [0, 0.1) is 0 Å². The van der Waals surface area contributed by atoms with Gasteiger partial charge in [-0.1, -0.05) is 0 Å². The van der Waals surface area contributed by atoms with Gasteiger partial charge in [-0.05, 0) is 21.0 Å². The van der Waals surface area contributed by atoms with Crippen molar-refractivity contribution in [1.82, 2.24) is 10.4 Å². The van der Waals surface area contributed by atoms with E-state index in [9.17, 15) is 4.79 Å². The summed E-state index contributed by atoms with van der Waals surface area (Å²) >= 11 is 0. The lowest BCUT2D eigenvalue weighted by atomic mass is 10.6. The van der Waals surface area contributed by atoms with Crippen LogP contribution in [-0.2, 0) is 9.63 Å². The third-order valence-electron chi connectivity index (χ3n) is 0.790. The maximum Gasteiger partial charge on any atom is 0.257 e. The van der Waals surface area contributed by atoms with Crippen LogP contribution in [0.4, 0.5) is 0 Å². The maximum atomic E-state index is 10.7. The average molecular weight is 146 g/mol. The van der Waals surface area contributed by atoms with Gasteiger partial charge in [0.05, 0.1) is 13.2 Å². The monoisotopic (exact) mass is 146 g/mol. The Morgan fingerprint density at radius 3 is 2.60 bits per heavy atom. The van der Waals surface area contributed by atoms with Crippen LogP contribution in [0.25, 0.3) is 0 Å². The summed E-state index contributed by atoms with van der Waals surface area (Å²) in [5.41, 5.74) is 2.28. The lowest BCUT2D eigenvalue weighted by molar-refractivity contribution is -0.133. The lowest BCUT2D eigenvalue weighted by Gasteiger charge is -2.08. The molecular weight excluding hydrogens is 132 g/mol. The first-order valence-corrected chi connectivity index (χ1v) is 3.22. The van der Waals surface area contributed by atoms with Crippen molar-refractivity contribution < 1.29 is 9.63 Å². The fraction of sp³-hybridized carbons (Fsp3) is 0.833. The van der Waals surface area contributed by atoms with Crippen LogP contribution in [0.5, 0.6) is 0 Å². The Balaban J connectivity index is 3.26. The van der Waals surface area contributed by atoms with Gasteiger partial charge in [-0.3, -0.25) is 9.63 Å². The number of hydroxylamine groups is 1. The van der Waals surface area contributed by atoms with E-state index >= 15 is 0 Å². The number of nitrogens with one attached hydrogen (secondary N) is 1. The molecule has 0 aromatic rings. The summed E-state index contributed by atoms with van der Waals surface area (Å²) in [4.78, 5) is 17.2. The number of rotatable bonds is 4. The summed E-state index contributed by atoms with van der Waals surface area (Å²) in [6, 6.07) is 0. The largest absolute Gasteiger partial charge is 0.301 e. The van der Waals surface area contributed by atoms with Gasteiger partial charge in [0, 0.05) is 0 Å². The standard InChI is InChI=1S/C6H14N2O2/c1-4-10-7-6(9)5-8(2)3/h4-5H2,1-3H3,(H,7,9). The molecule has 0 unspecified atom stereocenters. The van der Waals surface area contributed by atoms with Gasteiger partial charge >= 0.3 is 0 Å². The highest BCUT2D eigenvalue weighted by molar-refractivity contribution is 5.76. The second kappa shape index (κ2) is 5.20. The third-order valence-corrected chi connectivity index (χ3v) is 0.790. The van der Waals surface area contributed by atoms with Crippen molar-refractivity contribution in [1.29, 1.82) is 0 Å². The topological polar surface area (TPSA) is 41.6 Å². The Bertz CT molecular complexity index is 104. The molecule has 0 rings (SSSR count). The molecule has 60 valence electrons. The van der Waals surface area contributed by atoms with Gasteiger partial charge in [-0.2, -0.15) is 0 Å². The van der Waals surface area contributed by atoms with Crippen LogP contribution in [-0.4, -0.2) is 38.1 Å². The molecule has 0 aliphatic carbocycles. The fourth-order valence-corrected chi connectivity index (χ4v) is 0.472. The molecule has 1 amide bonds. The number of hydrogen-bond acceptors (Lipinski definition) is 3. The minimum atomic E-state index is -0.119. The van der Waals surface area contributed by atoms with E-state index in [1.54, 1.807) is 4.90 Å². The van der Waals surface area contributed by atoms with Crippen LogP contribution < -0.4 is 5.48 Å². The second-order valence-corrected chi connectivity index (χ2v) is 2.20. The smallest absolute Gasteiger partial charge is 0.257 e. The van der Waals surface area contributed by atoms with E-state index in [-0.39, 0.29) is 5.91 Å². The van der Waals surface area contributed by atoms with E-state index in [0.29, 0.717) is 13.2 Å². The van der Waals surface area contributed by atoms with Crippen molar-refractivity contribution in [3.8, 4) is 0 Å². The summed E-state index contributed by atoms with van der Waals surface area (Å²) in [5, 5.41) is 0. The molecule has 0 aliphatic rings. The first-order valence-electron chi connectivity index (χ1n) is 3.22. The molecule has 0 spiro atoms. The second-order valence-electron chi connectivity index (χ2n) is 2.20. The number of amides is 1. The van der Waals surface area contributed by atoms with E-state index in [1.807, 2.05) is 21.0 Å². The molecule has 0 saturated heterocycles. The zero-order valence-electron chi connectivity index (χ0n) is 6.68. The Morgan fingerprint density at radius 2 is 2.20 bits per heavy atom. The Morgan fingerprint density at radius 1 is 1.60 bits per heavy atom. The number of likely N-dealkylation sites (N-methyl/N-ethyl adjacent to an activating group) is 1. The van der Waals surface area contributed by atoms with Gasteiger partial charge in [-0.25, -0.2) is 5.48 Å². The lowest BCUT2D eigenvalue weighted by Crippen LogP contribution is -2.33. The highest BCUT2D eigenvalue weighted by atomic mass is 16.6. The summed E-state index contributed by atoms with van der Waals surface area (Å²) in [7, 11) is 3.65. The van der Waals surface area contributed by atoms with E-state index in [0.717, 1.165) is 0 Å². The number of nitrogens with zero attached hydrogens (tertiary/aromatic N) is 1. The molecule has 4 nitrogen and oxygen atoms in total. The molecule has 1 N–H and O–H groups in total. The van der Waals surface area contributed by atoms with E-state index in [4.69, 9.17) is 0 Å². The van der Waals surface area contributed by atoms with Crippen LogP contribution in [0.2, 0.25) is 0 Å². The normalized spacial score (nSPS) is 10.0. The summed E-state index contributed by atoms with van der Waals surface area (Å²) in [6.45, 7) is 2.68. The minimum Gasteiger partial charge on any atom is -0.301 e. The molecule has 10 heavy (non-hydrogen) atoms. The molecule has 0 aromatic carbocycles. The van der Waals surface area contributed by atoms with Crippen LogP contribution in [0.15, 0.2) is 0 Å². The number of carbonyl (C=O) groups is 1. The van der Waals surface area contributed by atoms with Crippen molar-refractivity contribution in [3.63, 3.8) is 0 Å². The zero-order valence-corrected chi connectivity index (χ0v) is 6.68. The van der Waals surface area contributed by atoms with Crippen LogP contribution in [0.3, 0.4) is 0 Å². The van der Waals surface area contributed by atoms with Gasteiger partial charge in [-0.15, -0.1) is 0 Å². The third kappa shape index (κ3) is 5.53. The molecular formula is C6H14N2O2. The summed E-state index contributed by atoms with van der Waals surface area (Å²) in [5.74, 6) is -0.119. The number of hydrogen-bond donors (Lipinski definition) is 1. The van der Waals surface area contributed by atoms with Crippen LogP contribution in [0.1, 0.15) is 6.92 Å². The van der Waals surface area contributed by atoms with Crippen molar-refractivity contribution in [2.75, 3.05) is 27.2 Å². The predicted octanol–water partition coefficient (Wildman–Crippen LogP) is -0.384. The predicted molar refractivity (Wildman–Crippen MR) is 38.3 cm³/mol. The van der Waals surface area contributed by atoms with Crippen molar-refractivity contribution >= 4 is 5.91 Å². The molecule has 0 radical (unpaired) electrons. The van der Waals surface area contributed by atoms with Crippen molar-refractivity contribution in [2.45, 2.75) is 6.92 Å². The van der Waals surface area contributed by atoms with Crippen molar-refractivity contribution in [2.24, 2.45) is 0 Å². The fourth-order valence-electron chi connectivity index (χ4n) is 0.472. The van der Waals surface area contributed by atoms with E-state index in [2.05, 4.69) is 10.3 Å². The highest BCUT2D eigenvalue weighted by Crippen LogP contribution is 1.73. The molecule has 0 saturated carbocycles. The van der Waals surface area contributed by atoms with E-state index in [1.165, 1.54) is 0 Å². The summed E-state index contributed by atoms with van der Waals surface area (Å²) in [6.07, 6.45) is 0. The van der Waals surface area contributed by atoms with Gasteiger partial charge < -0.3 is 4.90 Å². The molecule has 0 heterocycles. The van der Waals surface area contributed by atoms with Gasteiger partial charge in [0.15, 0.2) is 0 Å². The molecule has 0 atom stereocenters. The molecule has 0 fully saturated rings. The van der Waals surface area contributed by atoms with Gasteiger partial charge in [0.25, 0.3) is 5.91 Å². The Kier molecular flexibility index (Phi) is 4.88. The van der Waals surface area contributed by atoms with Crippen LogP contribution >= 0.6 is 0 Å².